The molecule has 0 aliphatic carbocycles. The zero-order valence-corrected chi connectivity index (χ0v) is 15.1. The molecule has 0 spiro atoms. The lowest BCUT2D eigenvalue weighted by Gasteiger charge is -2.26. The lowest BCUT2D eigenvalue weighted by molar-refractivity contribution is -0.119. The Morgan fingerprint density at radius 1 is 0.692 bits per heavy atom. The largest absolute Gasteiger partial charge is 0.307 e. The predicted octanol–water partition coefficient (Wildman–Crippen LogP) is 4.35. The van der Waals surface area contributed by atoms with Gasteiger partial charge in [-0.05, 0) is 30.3 Å². The van der Waals surface area contributed by atoms with Gasteiger partial charge in [-0.2, -0.15) is 0 Å². The summed E-state index contributed by atoms with van der Waals surface area (Å²) in [7, 11) is 1.98. The summed E-state index contributed by atoms with van der Waals surface area (Å²) in [4.78, 5) is 16.9. The van der Waals surface area contributed by atoms with Gasteiger partial charge in [-0.25, -0.2) is 0 Å². The molecule has 0 unspecified atom stereocenters. The van der Waals surface area contributed by atoms with Gasteiger partial charge in [0.1, 0.15) is 0 Å². The summed E-state index contributed by atoms with van der Waals surface area (Å²) in [6.45, 7) is 1.69. The molecule has 0 aromatic heterocycles. The van der Waals surface area contributed by atoms with E-state index >= 15 is 0 Å². The minimum Gasteiger partial charge on any atom is -0.307 e. The van der Waals surface area contributed by atoms with E-state index < -0.39 is 0 Å². The fourth-order valence-electron chi connectivity index (χ4n) is 2.96. The zero-order valence-electron chi connectivity index (χ0n) is 15.1. The maximum Gasteiger partial charge on any atom is 0.241 e. The van der Waals surface area contributed by atoms with Crippen LogP contribution in [-0.2, 0) is 17.9 Å². The van der Waals surface area contributed by atoms with Gasteiger partial charge in [-0.15, -0.1) is 0 Å². The van der Waals surface area contributed by atoms with Gasteiger partial charge in [0.2, 0.25) is 5.91 Å². The molecule has 3 aromatic rings. The number of carbonyl (C=O) groups is 1. The summed E-state index contributed by atoms with van der Waals surface area (Å²) in [6.07, 6.45) is 0. The molecule has 1 amide bonds. The van der Waals surface area contributed by atoms with Crippen molar-refractivity contribution in [3.8, 4) is 0 Å². The molecule has 0 aliphatic heterocycles. The summed E-state index contributed by atoms with van der Waals surface area (Å²) in [5.74, 6) is 0.0958. The lowest BCUT2D eigenvalue weighted by atomic mass is 10.2. The smallest absolute Gasteiger partial charge is 0.241 e. The van der Waals surface area contributed by atoms with Crippen molar-refractivity contribution in [3.63, 3.8) is 0 Å². The summed E-state index contributed by atoms with van der Waals surface area (Å²) in [6, 6.07) is 30.2. The number of anilines is 1. The Morgan fingerprint density at radius 3 is 1.69 bits per heavy atom. The van der Waals surface area contributed by atoms with Crippen LogP contribution >= 0.6 is 0 Å². The van der Waals surface area contributed by atoms with Gasteiger partial charge >= 0.3 is 0 Å². The van der Waals surface area contributed by atoms with E-state index in [9.17, 15) is 4.79 Å². The van der Waals surface area contributed by atoms with E-state index in [-0.39, 0.29) is 5.91 Å². The number of likely N-dealkylation sites (N-methyl/N-ethyl adjacent to an activating group) is 1. The molecule has 132 valence electrons. The quantitative estimate of drug-likeness (QED) is 0.636. The Labute approximate surface area is 155 Å². The maximum absolute atomic E-state index is 13.0. The molecule has 3 nitrogen and oxygen atoms in total. The van der Waals surface area contributed by atoms with E-state index in [4.69, 9.17) is 0 Å². The fraction of sp³-hybridized carbons (Fsp3) is 0.174. The highest BCUT2D eigenvalue weighted by molar-refractivity contribution is 5.94. The number of para-hydroxylation sites is 1. The van der Waals surface area contributed by atoms with Crippen LogP contribution in [0.2, 0.25) is 0 Å². The number of nitrogens with zero attached hydrogens (tertiary/aromatic N) is 2. The lowest BCUT2D eigenvalue weighted by Crippen LogP contribution is -2.38. The second-order valence-corrected chi connectivity index (χ2v) is 6.46. The van der Waals surface area contributed by atoms with Gasteiger partial charge in [-0.1, -0.05) is 78.9 Å². The fourth-order valence-corrected chi connectivity index (χ4v) is 2.96. The van der Waals surface area contributed by atoms with Crippen LogP contribution in [0.5, 0.6) is 0 Å². The monoisotopic (exact) mass is 344 g/mol. The first-order valence-electron chi connectivity index (χ1n) is 8.84. The van der Waals surface area contributed by atoms with Gasteiger partial charge in [0.15, 0.2) is 0 Å². The van der Waals surface area contributed by atoms with Crippen LogP contribution in [-0.4, -0.2) is 24.4 Å². The molecular weight excluding hydrogens is 320 g/mol. The van der Waals surface area contributed by atoms with Crippen LogP contribution < -0.4 is 4.90 Å². The number of hydrogen-bond donors (Lipinski definition) is 0. The number of hydrogen-bond acceptors (Lipinski definition) is 2. The molecule has 0 N–H and O–H groups in total. The number of carbonyl (C=O) groups excluding carboxylic acids is 1. The molecule has 0 saturated heterocycles. The summed E-state index contributed by atoms with van der Waals surface area (Å²) in [5.41, 5.74) is 3.25. The highest BCUT2D eigenvalue weighted by atomic mass is 16.2. The average molecular weight is 344 g/mol. The maximum atomic E-state index is 13.0. The van der Waals surface area contributed by atoms with Crippen molar-refractivity contribution >= 4 is 11.6 Å². The SMILES string of the molecule is CN(CC(=O)N(Cc1ccccc1)c1ccccc1)Cc1ccccc1. The van der Waals surface area contributed by atoms with Crippen molar-refractivity contribution in [1.29, 1.82) is 0 Å². The first-order valence-corrected chi connectivity index (χ1v) is 8.84. The Hall–Kier alpha value is -2.91. The van der Waals surface area contributed by atoms with E-state index in [1.165, 1.54) is 5.56 Å². The number of benzene rings is 3. The van der Waals surface area contributed by atoms with E-state index in [1.807, 2.05) is 78.7 Å². The van der Waals surface area contributed by atoms with E-state index in [0.29, 0.717) is 13.1 Å². The molecule has 0 radical (unpaired) electrons. The first-order chi connectivity index (χ1) is 12.7. The third-order valence-corrected chi connectivity index (χ3v) is 4.25. The molecular formula is C23H24N2O. The third kappa shape index (κ3) is 5.04. The molecule has 0 aliphatic rings. The second-order valence-electron chi connectivity index (χ2n) is 6.46. The van der Waals surface area contributed by atoms with Crippen LogP contribution in [0.3, 0.4) is 0 Å². The van der Waals surface area contributed by atoms with Crippen LogP contribution in [0.15, 0.2) is 91.0 Å². The van der Waals surface area contributed by atoms with Crippen LogP contribution in [0.25, 0.3) is 0 Å². The van der Waals surface area contributed by atoms with Crippen molar-refractivity contribution < 1.29 is 4.79 Å². The van der Waals surface area contributed by atoms with Crippen molar-refractivity contribution in [2.75, 3.05) is 18.5 Å². The summed E-state index contributed by atoms with van der Waals surface area (Å²) < 4.78 is 0. The van der Waals surface area contributed by atoms with Gasteiger partial charge in [-0.3, -0.25) is 9.69 Å². The molecule has 26 heavy (non-hydrogen) atoms. The second kappa shape index (κ2) is 8.97. The normalized spacial score (nSPS) is 10.7. The molecule has 0 atom stereocenters. The van der Waals surface area contributed by atoms with Gasteiger partial charge in [0.05, 0.1) is 13.1 Å². The van der Waals surface area contributed by atoms with Crippen LogP contribution in [0.1, 0.15) is 11.1 Å². The molecule has 0 bridgehead atoms. The van der Waals surface area contributed by atoms with Gasteiger partial charge in [0, 0.05) is 12.2 Å². The summed E-state index contributed by atoms with van der Waals surface area (Å²) >= 11 is 0. The standard InChI is InChI=1S/C23H24N2O/c1-24(17-20-11-5-2-6-12-20)19-23(26)25(22-15-9-4-10-16-22)18-21-13-7-3-8-14-21/h2-16H,17-19H2,1H3. The third-order valence-electron chi connectivity index (χ3n) is 4.25. The molecule has 3 heteroatoms. The van der Waals surface area contributed by atoms with E-state index in [2.05, 4.69) is 29.2 Å². The average Bonchev–Trinajstić information content (AvgIpc) is 2.68. The molecule has 0 fully saturated rings. The topological polar surface area (TPSA) is 23.6 Å². The molecule has 0 heterocycles. The first kappa shape index (κ1) is 17.9. The van der Waals surface area contributed by atoms with Gasteiger partial charge < -0.3 is 4.90 Å². The molecule has 0 saturated carbocycles. The Morgan fingerprint density at radius 2 is 1.15 bits per heavy atom. The van der Waals surface area contributed by atoms with E-state index in [1.54, 1.807) is 0 Å². The zero-order chi connectivity index (χ0) is 18.2. The Bertz CT molecular complexity index is 803. The number of rotatable bonds is 7. The minimum absolute atomic E-state index is 0.0958. The molecule has 3 rings (SSSR count). The Kier molecular flexibility index (Phi) is 6.18. The predicted molar refractivity (Wildman–Crippen MR) is 107 cm³/mol. The summed E-state index contributed by atoms with van der Waals surface area (Å²) in [5, 5.41) is 0. The van der Waals surface area contributed by atoms with Crippen LogP contribution in [0, 0.1) is 0 Å². The highest BCUT2D eigenvalue weighted by Crippen LogP contribution is 2.17. The Balaban J connectivity index is 1.72. The highest BCUT2D eigenvalue weighted by Gasteiger charge is 2.18. The molecule has 3 aromatic carbocycles. The van der Waals surface area contributed by atoms with Crippen molar-refractivity contribution in [3.05, 3.63) is 102 Å². The van der Waals surface area contributed by atoms with Gasteiger partial charge in [0.25, 0.3) is 0 Å². The van der Waals surface area contributed by atoms with Crippen molar-refractivity contribution in [2.24, 2.45) is 0 Å². The number of amides is 1. The van der Waals surface area contributed by atoms with Crippen LogP contribution in [0.4, 0.5) is 5.69 Å². The van der Waals surface area contributed by atoms with Crippen molar-refractivity contribution in [1.82, 2.24) is 4.90 Å². The minimum atomic E-state index is 0.0958. The van der Waals surface area contributed by atoms with E-state index in [0.717, 1.165) is 17.8 Å². The van der Waals surface area contributed by atoms with Crippen molar-refractivity contribution in [2.45, 2.75) is 13.1 Å².